The predicted octanol–water partition coefficient (Wildman–Crippen LogP) is 2.89. The number of hydrogen-bond donors (Lipinski definition) is 2. The highest BCUT2D eigenvalue weighted by molar-refractivity contribution is 6.04. The maximum absolute atomic E-state index is 13.1. The molecule has 0 saturated heterocycles. The predicted molar refractivity (Wildman–Crippen MR) is 93.8 cm³/mol. The summed E-state index contributed by atoms with van der Waals surface area (Å²) in [5.41, 5.74) is 1.18. The highest BCUT2D eigenvalue weighted by Gasteiger charge is 2.16. The zero-order chi connectivity index (χ0) is 19.4. The Morgan fingerprint density at radius 1 is 1.15 bits per heavy atom. The van der Waals surface area contributed by atoms with E-state index >= 15 is 0 Å². The van der Waals surface area contributed by atoms with Gasteiger partial charge in [-0.3, -0.25) is 4.79 Å². The van der Waals surface area contributed by atoms with Crippen molar-refractivity contribution in [1.82, 2.24) is 9.78 Å². The molecule has 0 aliphatic rings. The lowest BCUT2D eigenvalue weighted by Gasteiger charge is -2.09. The zero-order valence-corrected chi connectivity index (χ0v) is 13.9. The van der Waals surface area contributed by atoms with E-state index < -0.39 is 11.9 Å². The Kier molecular flexibility index (Phi) is 4.95. The van der Waals surface area contributed by atoms with Crippen LogP contribution in [-0.2, 0) is 6.54 Å². The molecule has 0 spiro atoms. The van der Waals surface area contributed by atoms with E-state index in [4.69, 9.17) is 10.4 Å². The van der Waals surface area contributed by atoms with E-state index in [9.17, 15) is 14.0 Å². The SMILES string of the molecule is N#Cc1ccc(C(=O)Nc2cc(C(=O)O)nn2Cc2ccc(F)cc2)cc1. The van der Waals surface area contributed by atoms with Crippen LogP contribution in [0, 0.1) is 17.1 Å². The van der Waals surface area contributed by atoms with Gasteiger partial charge in [0, 0.05) is 11.6 Å². The monoisotopic (exact) mass is 364 g/mol. The Hall–Kier alpha value is -3.99. The Balaban J connectivity index is 1.86. The van der Waals surface area contributed by atoms with E-state index in [-0.39, 0.29) is 23.9 Å². The fourth-order valence-corrected chi connectivity index (χ4v) is 2.39. The number of nitrogens with zero attached hydrogens (tertiary/aromatic N) is 3. The van der Waals surface area contributed by atoms with Gasteiger partial charge in [-0.25, -0.2) is 13.9 Å². The summed E-state index contributed by atoms with van der Waals surface area (Å²) in [4.78, 5) is 23.6. The first kappa shape index (κ1) is 17.8. The molecule has 0 saturated carbocycles. The van der Waals surface area contributed by atoms with E-state index in [0.29, 0.717) is 16.7 Å². The van der Waals surface area contributed by atoms with Crippen LogP contribution in [0.25, 0.3) is 0 Å². The molecule has 27 heavy (non-hydrogen) atoms. The largest absolute Gasteiger partial charge is 0.476 e. The molecular formula is C19H13FN4O3. The summed E-state index contributed by atoms with van der Waals surface area (Å²) in [6, 6.07) is 14.9. The van der Waals surface area contributed by atoms with Gasteiger partial charge in [0.1, 0.15) is 11.6 Å². The second-order valence-corrected chi connectivity index (χ2v) is 5.65. The van der Waals surface area contributed by atoms with Crippen molar-refractivity contribution in [2.75, 3.05) is 5.32 Å². The number of benzene rings is 2. The molecule has 0 bridgehead atoms. The Labute approximate surface area is 153 Å². The molecule has 1 aromatic heterocycles. The lowest BCUT2D eigenvalue weighted by atomic mass is 10.1. The Morgan fingerprint density at radius 2 is 1.81 bits per heavy atom. The number of carbonyl (C=O) groups excluding carboxylic acids is 1. The van der Waals surface area contributed by atoms with Crippen molar-refractivity contribution < 1.29 is 19.1 Å². The van der Waals surface area contributed by atoms with Gasteiger partial charge in [-0.2, -0.15) is 10.4 Å². The first-order chi connectivity index (χ1) is 13.0. The average Bonchev–Trinajstić information content (AvgIpc) is 3.06. The molecule has 2 N–H and O–H groups in total. The van der Waals surface area contributed by atoms with Crippen LogP contribution in [0.5, 0.6) is 0 Å². The highest BCUT2D eigenvalue weighted by Crippen LogP contribution is 2.16. The van der Waals surface area contributed by atoms with Gasteiger partial charge in [0.15, 0.2) is 5.69 Å². The van der Waals surface area contributed by atoms with Crippen molar-refractivity contribution in [3.8, 4) is 6.07 Å². The van der Waals surface area contributed by atoms with E-state index in [2.05, 4.69) is 10.4 Å². The summed E-state index contributed by atoms with van der Waals surface area (Å²) >= 11 is 0. The summed E-state index contributed by atoms with van der Waals surface area (Å²) in [5, 5.41) is 24.6. The molecule has 1 heterocycles. The number of aromatic carboxylic acids is 1. The molecule has 134 valence electrons. The molecule has 3 aromatic rings. The van der Waals surface area contributed by atoms with Gasteiger partial charge < -0.3 is 10.4 Å². The van der Waals surface area contributed by atoms with E-state index in [1.807, 2.05) is 6.07 Å². The van der Waals surface area contributed by atoms with Crippen LogP contribution in [0.1, 0.15) is 32.0 Å². The number of carboxylic acid groups (broad SMARTS) is 1. The minimum atomic E-state index is -1.23. The van der Waals surface area contributed by atoms with Crippen LogP contribution < -0.4 is 5.32 Å². The number of halogens is 1. The number of hydrogen-bond acceptors (Lipinski definition) is 4. The third kappa shape index (κ3) is 4.16. The fraction of sp³-hybridized carbons (Fsp3) is 0.0526. The van der Waals surface area contributed by atoms with Crippen LogP contribution in [0.4, 0.5) is 10.2 Å². The standard InChI is InChI=1S/C19H13FN4O3/c20-15-7-3-13(4-8-15)11-24-17(9-16(23-24)19(26)27)22-18(25)14-5-1-12(10-21)2-6-14/h1-9H,11H2,(H,22,25)(H,26,27). The van der Waals surface area contributed by atoms with Gasteiger partial charge >= 0.3 is 5.97 Å². The maximum atomic E-state index is 13.1. The maximum Gasteiger partial charge on any atom is 0.356 e. The summed E-state index contributed by atoms with van der Waals surface area (Å²) in [7, 11) is 0. The lowest BCUT2D eigenvalue weighted by molar-refractivity contribution is 0.0689. The number of carbonyl (C=O) groups is 2. The Bertz CT molecular complexity index is 1030. The van der Waals surface area contributed by atoms with Crippen LogP contribution in [-0.4, -0.2) is 26.8 Å². The molecule has 0 fully saturated rings. The third-order valence-corrected chi connectivity index (χ3v) is 3.76. The summed E-state index contributed by atoms with van der Waals surface area (Å²) in [5.74, 6) is -1.91. The molecule has 0 radical (unpaired) electrons. The first-order valence-corrected chi connectivity index (χ1v) is 7.83. The number of carboxylic acids is 1. The van der Waals surface area contributed by atoms with E-state index in [1.165, 1.54) is 47.1 Å². The van der Waals surface area contributed by atoms with Gasteiger partial charge in [-0.05, 0) is 42.0 Å². The van der Waals surface area contributed by atoms with Crippen molar-refractivity contribution in [1.29, 1.82) is 5.26 Å². The van der Waals surface area contributed by atoms with Gasteiger partial charge in [0.25, 0.3) is 5.91 Å². The van der Waals surface area contributed by atoms with Gasteiger partial charge in [-0.1, -0.05) is 12.1 Å². The highest BCUT2D eigenvalue weighted by atomic mass is 19.1. The van der Waals surface area contributed by atoms with E-state index in [1.54, 1.807) is 12.1 Å². The van der Waals surface area contributed by atoms with Gasteiger partial charge in [0.05, 0.1) is 18.2 Å². The van der Waals surface area contributed by atoms with E-state index in [0.717, 1.165) is 0 Å². The number of nitrogens with one attached hydrogen (secondary N) is 1. The minimum absolute atomic E-state index is 0.149. The van der Waals surface area contributed by atoms with Crippen LogP contribution >= 0.6 is 0 Å². The minimum Gasteiger partial charge on any atom is -0.476 e. The first-order valence-electron chi connectivity index (χ1n) is 7.83. The van der Waals surface area contributed by atoms with Crippen molar-refractivity contribution >= 4 is 17.7 Å². The second kappa shape index (κ2) is 7.49. The van der Waals surface area contributed by atoms with Crippen molar-refractivity contribution in [2.24, 2.45) is 0 Å². The molecule has 0 atom stereocenters. The summed E-state index contributed by atoms with van der Waals surface area (Å²) < 4.78 is 14.4. The quantitative estimate of drug-likeness (QED) is 0.724. The van der Waals surface area contributed by atoms with Crippen molar-refractivity contribution in [3.63, 3.8) is 0 Å². The molecule has 3 rings (SSSR count). The normalized spacial score (nSPS) is 10.2. The summed E-state index contributed by atoms with van der Waals surface area (Å²) in [6.45, 7) is 0.149. The molecule has 0 aliphatic heterocycles. The van der Waals surface area contributed by atoms with Crippen LogP contribution in [0.15, 0.2) is 54.6 Å². The second-order valence-electron chi connectivity index (χ2n) is 5.65. The molecule has 2 aromatic carbocycles. The van der Waals surface area contributed by atoms with Crippen LogP contribution in [0.3, 0.4) is 0 Å². The average molecular weight is 364 g/mol. The third-order valence-electron chi connectivity index (χ3n) is 3.76. The number of amides is 1. The summed E-state index contributed by atoms with van der Waals surface area (Å²) in [6.07, 6.45) is 0. The molecular weight excluding hydrogens is 351 g/mol. The van der Waals surface area contributed by atoms with Gasteiger partial charge in [-0.15, -0.1) is 0 Å². The lowest BCUT2D eigenvalue weighted by Crippen LogP contribution is -2.16. The van der Waals surface area contributed by atoms with Crippen LogP contribution in [0.2, 0.25) is 0 Å². The molecule has 0 unspecified atom stereocenters. The van der Waals surface area contributed by atoms with Crippen molar-refractivity contribution in [3.05, 3.63) is 82.8 Å². The Morgan fingerprint density at radius 3 is 2.41 bits per heavy atom. The number of nitriles is 1. The number of anilines is 1. The van der Waals surface area contributed by atoms with Crippen molar-refractivity contribution in [2.45, 2.75) is 6.54 Å². The smallest absolute Gasteiger partial charge is 0.356 e. The number of aromatic nitrogens is 2. The number of rotatable bonds is 5. The zero-order valence-electron chi connectivity index (χ0n) is 13.9. The molecule has 7 nitrogen and oxygen atoms in total. The molecule has 0 aliphatic carbocycles. The topological polar surface area (TPSA) is 108 Å². The molecule has 1 amide bonds. The van der Waals surface area contributed by atoms with Gasteiger partial charge in [0.2, 0.25) is 0 Å². The fourth-order valence-electron chi connectivity index (χ4n) is 2.39. The molecule has 8 heteroatoms.